The lowest BCUT2D eigenvalue weighted by Crippen LogP contribution is -2.40. The minimum absolute atomic E-state index is 0.0685. The summed E-state index contributed by atoms with van der Waals surface area (Å²) in [5.41, 5.74) is -0.144. The van der Waals surface area contributed by atoms with Crippen LogP contribution >= 0.6 is 15.9 Å². The third-order valence-electron chi connectivity index (χ3n) is 3.47. The first-order valence-corrected chi connectivity index (χ1v) is 7.10. The smallest absolute Gasteiger partial charge is 0.223 e. The Hall–Kier alpha value is -0.870. The highest BCUT2D eigenvalue weighted by Crippen LogP contribution is 2.30. The van der Waals surface area contributed by atoms with Gasteiger partial charge in [0.05, 0.1) is 6.54 Å². The molecule has 1 amide bonds. The summed E-state index contributed by atoms with van der Waals surface area (Å²) in [5, 5.41) is 13.5. The van der Waals surface area contributed by atoms with Gasteiger partial charge < -0.3 is 10.4 Å². The molecule has 2 N–H and O–H groups in total. The molecule has 4 heteroatoms. The maximum absolute atomic E-state index is 11.6. The topological polar surface area (TPSA) is 49.3 Å². The fourth-order valence-electron chi connectivity index (χ4n) is 1.91. The molecule has 1 saturated carbocycles. The molecule has 0 radical (unpaired) electrons. The maximum Gasteiger partial charge on any atom is 0.223 e. The molecule has 0 saturated heterocycles. The van der Waals surface area contributed by atoms with Gasteiger partial charge in [-0.15, -0.1) is 0 Å². The van der Waals surface area contributed by atoms with Gasteiger partial charge in [0.15, 0.2) is 0 Å². The van der Waals surface area contributed by atoms with Gasteiger partial charge in [-0.3, -0.25) is 4.79 Å². The van der Waals surface area contributed by atoms with Gasteiger partial charge in [-0.2, -0.15) is 0 Å². The average Bonchev–Trinajstić information content (AvgIpc) is 3.20. The van der Waals surface area contributed by atoms with E-state index in [9.17, 15) is 9.90 Å². The van der Waals surface area contributed by atoms with Crippen LogP contribution in [0.25, 0.3) is 0 Å². The molecule has 0 spiro atoms. The van der Waals surface area contributed by atoms with E-state index in [1.54, 1.807) is 0 Å². The van der Waals surface area contributed by atoms with E-state index < -0.39 is 5.60 Å². The van der Waals surface area contributed by atoms with Crippen LogP contribution in [0.15, 0.2) is 28.7 Å². The Morgan fingerprint density at radius 3 is 2.56 bits per heavy atom. The molecule has 0 bridgehead atoms. The zero-order valence-electron chi connectivity index (χ0n) is 10.4. The highest BCUT2D eigenvalue weighted by molar-refractivity contribution is 9.10. The van der Waals surface area contributed by atoms with Gasteiger partial charge in [0.1, 0.15) is 5.60 Å². The lowest BCUT2D eigenvalue weighted by Gasteiger charge is -2.27. The van der Waals surface area contributed by atoms with Crippen molar-refractivity contribution >= 4 is 21.8 Å². The number of amides is 1. The molecular formula is C14H18BrNO2. The summed E-state index contributed by atoms with van der Waals surface area (Å²) in [5.74, 6) is 0.245. The van der Waals surface area contributed by atoms with E-state index in [0.717, 1.165) is 22.9 Å². The molecule has 1 atom stereocenters. The second-order valence-corrected chi connectivity index (χ2v) is 5.80. The van der Waals surface area contributed by atoms with Crippen LogP contribution in [0.5, 0.6) is 0 Å². The summed E-state index contributed by atoms with van der Waals surface area (Å²) < 4.78 is 0.978. The first kappa shape index (κ1) is 13.6. The molecule has 98 valence electrons. The van der Waals surface area contributed by atoms with E-state index in [2.05, 4.69) is 21.2 Å². The van der Waals surface area contributed by atoms with Crippen molar-refractivity contribution in [2.24, 2.45) is 5.92 Å². The molecule has 1 aromatic carbocycles. The molecular weight excluding hydrogens is 294 g/mol. The Labute approximate surface area is 116 Å². The molecule has 0 heterocycles. The Kier molecular flexibility index (Phi) is 4.07. The predicted molar refractivity (Wildman–Crippen MR) is 74.1 cm³/mol. The van der Waals surface area contributed by atoms with E-state index in [0.29, 0.717) is 6.42 Å². The molecule has 0 aliphatic heterocycles. The molecule has 1 fully saturated rings. The highest BCUT2D eigenvalue weighted by atomic mass is 79.9. The highest BCUT2D eigenvalue weighted by Gasteiger charge is 2.33. The van der Waals surface area contributed by atoms with E-state index in [-0.39, 0.29) is 18.4 Å². The molecule has 3 nitrogen and oxygen atoms in total. The minimum Gasteiger partial charge on any atom is -0.383 e. The molecule has 1 aliphatic carbocycles. The van der Waals surface area contributed by atoms with Crippen molar-refractivity contribution in [1.29, 1.82) is 0 Å². The fourth-order valence-corrected chi connectivity index (χ4v) is 2.18. The molecule has 1 unspecified atom stereocenters. The van der Waals surface area contributed by atoms with Crippen molar-refractivity contribution in [1.82, 2.24) is 5.32 Å². The number of nitrogens with one attached hydrogen (secondary N) is 1. The first-order valence-electron chi connectivity index (χ1n) is 6.31. The minimum atomic E-state index is -0.981. The first-order chi connectivity index (χ1) is 8.55. The molecule has 1 aliphatic rings. The van der Waals surface area contributed by atoms with Crippen LogP contribution in [-0.2, 0) is 10.4 Å². The number of carbonyl (C=O) groups is 1. The van der Waals surface area contributed by atoms with Crippen LogP contribution in [0.1, 0.15) is 31.7 Å². The van der Waals surface area contributed by atoms with Gasteiger partial charge >= 0.3 is 0 Å². The van der Waals surface area contributed by atoms with E-state index in [4.69, 9.17) is 0 Å². The Morgan fingerprint density at radius 1 is 1.44 bits per heavy atom. The van der Waals surface area contributed by atoms with Crippen molar-refractivity contribution in [3.8, 4) is 0 Å². The number of benzene rings is 1. The van der Waals surface area contributed by atoms with Crippen molar-refractivity contribution < 1.29 is 9.90 Å². The normalized spacial score (nSPS) is 18.2. The van der Waals surface area contributed by atoms with Gasteiger partial charge in [-0.25, -0.2) is 0 Å². The lowest BCUT2D eigenvalue weighted by molar-refractivity contribution is -0.123. The summed E-state index contributed by atoms with van der Waals surface area (Å²) >= 11 is 3.37. The predicted octanol–water partition coefficient (Wildman–Crippen LogP) is 2.57. The Bertz CT molecular complexity index is 428. The number of carbonyl (C=O) groups excluding carboxylic acids is 1. The van der Waals surface area contributed by atoms with Crippen LogP contribution in [0.3, 0.4) is 0 Å². The molecule has 18 heavy (non-hydrogen) atoms. The van der Waals surface area contributed by atoms with Crippen molar-refractivity contribution in [3.63, 3.8) is 0 Å². The van der Waals surface area contributed by atoms with Gasteiger partial charge in [0, 0.05) is 10.4 Å². The van der Waals surface area contributed by atoms with Crippen molar-refractivity contribution in [3.05, 3.63) is 34.3 Å². The summed E-state index contributed by atoms with van der Waals surface area (Å²) in [4.78, 5) is 11.6. The SMILES string of the molecule is CCC(O)(CNC(=O)C1CC1)c1ccc(Br)cc1. The quantitative estimate of drug-likeness (QED) is 0.878. The second kappa shape index (κ2) is 5.41. The monoisotopic (exact) mass is 311 g/mol. The third-order valence-corrected chi connectivity index (χ3v) is 4.00. The van der Waals surface area contributed by atoms with Crippen molar-refractivity contribution in [2.75, 3.05) is 6.54 Å². The second-order valence-electron chi connectivity index (χ2n) is 4.88. The maximum atomic E-state index is 11.6. The molecule has 0 aromatic heterocycles. The Balaban J connectivity index is 2.04. The summed E-state index contributed by atoms with van der Waals surface area (Å²) in [6.07, 6.45) is 2.53. The van der Waals surface area contributed by atoms with E-state index >= 15 is 0 Å². The van der Waals surface area contributed by atoms with Gasteiger partial charge in [0.25, 0.3) is 0 Å². The van der Waals surface area contributed by atoms with E-state index in [1.165, 1.54) is 0 Å². The van der Waals surface area contributed by atoms with Crippen molar-refractivity contribution in [2.45, 2.75) is 31.8 Å². The van der Waals surface area contributed by atoms with Crippen LogP contribution < -0.4 is 5.32 Å². The van der Waals surface area contributed by atoms with Crippen LogP contribution in [-0.4, -0.2) is 17.6 Å². The van der Waals surface area contributed by atoms with E-state index in [1.807, 2.05) is 31.2 Å². The van der Waals surface area contributed by atoms with Gasteiger partial charge in [0.2, 0.25) is 5.91 Å². The zero-order valence-corrected chi connectivity index (χ0v) is 12.0. The standard InChI is InChI=1S/C14H18BrNO2/c1-2-14(18,9-16-13(17)10-3-4-10)11-5-7-12(15)8-6-11/h5-8,10,18H,2-4,9H2,1H3,(H,16,17). The number of aliphatic hydroxyl groups is 1. The van der Waals surface area contributed by atoms with Gasteiger partial charge in [-0.1, -0.05) is 35.0 Å². The number of hydrogen-bond donors (Lipinski definition) is 2. The number of rotatable bonds is 5. The summed E-state index contributed by atoms with van der Waals surface area (Å²) in [6, 6.07) is 7.57. The summed E-state index contributed by atoms with van der Waals surface area (Å²) in [7, 11) is 0. The van der Waals surface area contributed by atoms with Crippen LogP contribution in [0, 0.1) is 5.92 Å². The van der Waals surface area contributed by atoms with Gasteiger partial charge in [-0.05, 0) is 37.0 Å². The zero-order chi connectivity index (χ0) is 13.2. The van der Waals surface area contributed by atoms with Crippen LogP contribution in [0.2, 0.25) is 0 Å². The fraction of sp³-hybridized carbons (Fsp3) is 0.500. The molecule has 2 rings (SSSR count). The lowest BCUT2D eigenvalue weighted by atomic mass is 9.91. The molecule has 1 aromatic rings. The summed E-state index contributed by atoms with van der Waals surface area (Å²) in [6.45, 7) is 2.20. The van der Waals surface area contributed by atoms with Crippen LogP contribution in [0.4, 0.5) is 0 Å². The number of halogens is 1. The number of hydrogen-bond acceptors (Lipinski definition) is 2. The Morgan fingerprint density at radius 2 is 2.06 bits per heavy atom. The average molecular weight is 312 g/mol. The third kappa shape index (κ3) is 3.12. The largest absolute Gasteiger partial charge is 0.383 e.